The van der Waals surface area contributed by atoms with Crippen LogP contribution in [0.2, 0.25) is 0 Å². The van der Waals surface area contributed by atoms with E-state index in [-0.39, 0.29) is 13.0 Å². The van der Waals surface area contributed by atoms with E-state index in [1.165, 1.54) is 7.11 Å². The van der Waals surface area contributed by atoms with Crippen molar-refractivity contribution in [1.29, 1.82) is 0 Å². The molecule has 0 aromatic heterocycles. The molecule has 0 bridgehead atoms. The Bertz CT molecular complexity index is 530. The van der Waals surface area contributed by atoms with Crippen LogP contribution in [0.1, 0.15) is 38.9 Å². The van der Waals surface area contributed by atoms with E-state index >= 15 is 0 Å². The van der Waals surface area contributed by atoms with E-state index in [0.717, 1.165) is 4.47 Å². The zero-order valence-corrected chi connectivity index (χ0v) is 15.4. The van der Waals surface area contributed by atoms with E-state index in [0.29, 0.717) is 11.3 Å². The van der Waals surface area contributed by atoms with Gasteiger partial charge in [0.15, 0.2) is 0 Å². The topological polar surface area (TPSA) is 88.0 Å². The molecule has 0 fully saturated rings. The molecular weight excluding hydrogens is 366 g/mol. The van der Waals surface area contributed by atoms with Crippen LogP contribution in [0.3, 0.4) is 0 Å². The molecule has 3 N–H and O–H groups in total. The average Bonchev–Trinajstić information content (AvgIpc) is 2.45. The minimum Gasteiger partial charge on any atom is -0.496 e. The Hall–Kier alpha value is -1.31. The maximum Gasteiger partial charge on any atom is 0.407 e. The summed E-state index contributed by atoms with van der Waals surface area (Å²) in [4.78, 5) is 11.5. The molecule has 130 valence electrons. The van der Waals surface area contributed by atoms with E-state index in [9.17, 15) is 15.0 Å². The number of rotatable bonds is 6. The van der Waals surface area contributed by atoms with Crippen LogP contribution in [0, 0.1) is 0 Å². The summed E-state index contributed by atoms with van der Waals surface area (Å²) in [6, 6.07) is 5.09. The molecule has 1 rings (SSSR count). The molecule has 0 heterocycles. The molecule has 7 heteroatoms. The number of aliphatic hydroxyl groups excluding tert-OH is 2. The summed E-state index contributed by atoms with van der Waals surface area (Å²) in [6.07, 6.45) is -2.45. The Morgan fingerprint density at radius 2 is 2.00 bits per heavy atom. The molecule has 1 aromatic carbocycles. The second-order valence-corrected chi connectivity index (χ2v) is 6.98. The fourth-order valence-corrected chi connectivity index (χ4v) is 2.29. The lowest BCUT2D eigenvalue weighted by molar-refractivity contribution is 0.0122. The molecule has 0 saturated carbocycles. The van der Waals surface area contributed by atoms with Crippen LogP contribution in [0.25, 0.3) is 0 Å². The number of halogens is 1. The Morgan fingerprint density at radius 1 is 1.35 bits per heavy atom. The number of ether oxygens (including phenoxy) is 2. The number of methoxy groups -OCH3 is 1. The van der Waals surface area contributed by atoms with E-state index in [1.54, 1.807) is 39.0 Å². The second-order valence-electron chi connectivity index (χ2n) is 6.12. The minimum atomic E-state index is -1.07. The van der Waals surface area contributed by atoms with Gasteiger partial charge < -0.3 is 25.0 Å². The Kier molecular flexibility index (Phi) is 7.31. The number of hydrogen-bond donors (Lipinski definition) is 3. The monoisotopic (exact) mass is 389 g/mol. The van der Waals surface area contributed by atoms with Gasteiger partial charge in [0.2, 0.25) is 0 Å². The van der Waals surface area contributed by atoms with Crippen LogP contribution in [-0.2, 0) is 4.74 Å². The van der Waals surface area contributed by atoms with Gasteiger partial charge in [-0.2, -0.15) is 0 Å². The third-order valence-corrected chi connectivity index (χ3v) is 3.64. The molecule has 0 aliphatic carbocycles. The number of amides is 1. The van der Waals surface area contributed by atoms with Crippen molar-refractivity contribution in [2.75, 3.05) is 13.7 Å². The summed E-state index contributed by atoms with van der Waals surface area (Å²) in [5.41, 5.74) is -0.0364. The highest BCUT2D eigenvalue weighted by Gasteiger charge is 2.20. The first-order valence-corrected chi connectivity index (χ1v) is 8.09. The first-order chi connectivity index (χ1) is 10.6. The fraction of sp³-hybridized carbons (Fsp3) is 0.562. The lowest BCUT2D eigenvalue weighted by atomic mass is 10.0. The number of alkyl carbamates (subject to hydrolysis) is 1. The molecule has 0 aliphatic rings. The van der Waals surface area contributed by atoms with Crippen molar-refractivity contribution in [2.24, 2.45) is 0 Å². The highest BCUT2D eigenvalue weighted by molar-refractivity contribution is 9.10. The summed E-state index contributed by atoms with van der Waals surface area (Å²) in [6.45, 7) is 5.51. The lowest BCUT2D eigenvalue weighted by Crippen LogP contribution is -2.34. The van der Waals surface area contributed by atoms with Crippen molar-refractivity contribution in [3.63, 3.8) is 0 Å². The Morgan fingerprint density at radius 3 is 2.57 bits per heavy atom. The van der Waals surface area contributed by atoms with Crippen LogP contribution >= 0.6 is 15.9 Å². The van der Waals surface area contributed by atoms with Crippen molar-refractivity contribution in [2.45, 2.75) is 45.0 Å². The van der Waals surface area contributed by atoms with Gasteiger partial charge in [-0.25, -0.2) is 4.79 Å². The van der Waals surface area contributed by atoms with Crippen molar-refractivity contribution in [3.8, 4) is 5.75 Å². The molecule has 1 amide bonds. The van der Waals surface area contributed by atoms with Gasteiger partial charge in [-0.3, -0.25) is 0 Å². The predicted octanol–water partition coefficient (Wildman–Crippen LogP) is 2.77. The summed E-state index contributed by atoms with van der Waals surface area (Å²) in [5, 5.41) is 22.8. The second kappa shape index (κ2) is 8.52. The van der Waals surface area contributed by atoms with Gasteiger partial charge in [0.25, 0.3) is 0 Å². The van der Waals surface area contributed by atoms with Crippen LogP contribution in [-0.4, -0.2) is 41.7 Å². The SMILES string of the molecule is COc1cc(C(O)C(O)CCNC(=O)OC(C)(C)C)ccc1Br. The molecule has 0 saturated heterocycles. The molecule has 0 spiro atoms. The Balaban J connectivity index is 2.51. The molecule has 2 unspecified atom stereocenters. The van der Waals surface area contributed by atoms with E-state index in [2.05, 4.69) is 21.2 Å². The number of hydrogen-bond acceptors (Lipinski definition) is 5. The smallest absolute Gasteiger partial charge is 0.407 e. The molecule has 6 nitrogen and oxygen atoms in total. The van der Waals surface area contributed by atoms with Crippen LogP contribution in [0.5, 0.6) is 5.75 Å². The number of aliphatic hydroxyl groups is 2. The molecular formula is C16H24BrNO5. The molecule has 0 radical (unpaired) electrons. The van der Waals surface area contributed by atoms with Gasteiger partial charge in [-0.1, -0.05) is 6.07 Å². The van der Waals surface area contributed by atoms with Gasteiger partial charge in [0.1, 0.15) is 17.5 Å². The standard InChI is InChI=1S/C16H24BrNO5/c1-16(2,3)23-15(21)18-8-7-12(19)14(20)10-5-6-11(17)13(9-10)22-4/h5-6,9,12,14,19-20H,7-8H2,1-4H3,(H,18,21). The summed E-state index contributed by atoms with van der Waals surface area (Å²) in [5.74, 6) is 0.570. The summed E-state index contributed by atoms with van der Waals surface area (Å²) in [7, 11) is 1.53. The van der Waals surface area contributed by atoms with Gasteiger partial charge in [-0.15, -0.1) is 0 Å². The van der Waals surface area contributed by atoms with E-state index < -0.39 is 23.9 Å². The fourth-order valence-electron chi connectivity index (χ4n) is 1.88. The maximum atomic E-state index is 11.5. The Labute approximate surface area is 144 Å². The van der Waals surface area contributed by atoms with E-state index in [4.69, 9.17) is 9.47 Å². The van der Waals surface area contributed by atoms with Crippen molar-refractivity contribution >= 4 is 22.0 Å². The van der Waals surface area contributed by atoms with Gasteiger partial charge in [0.05, 0.1) is 17.7 Å². The molecule has 0 aliphatic heterocycles. The van der Waals surface area contributed by atoms with Gasteiger partial charge in [0, 0.05) is 6.54 Å². The van der Waals surface area contributed by atoms with Crippen molar-refractivity contribution in [3.05, 3.63) is 28.2 Å². The van der Waals surface area contributed by atoms with Crippen LogP contribution < -0.4 is 10.1 Å². The van der Waals surface area contributed by atoms with Crippen LogP contribution in [0.4, 0.5) is 4.79 Å². The number of nitrogens with one attached hydrogen (secondary N) is 1. The zero-order valence-electron chi connectivity index (χ0n) is 13.8. The first kappa shape index (κ1) is 19.7. The normalized spacial score (nSPS) is 14.0. The minimum absolute atomic E-state index is 0.193. The number of benzene rings is 1. The molecule has 23 heavy (non-hydrogen) atoms. The number of carbonyl (C=O) groups is 1. The third kappa shape index (κ3) is 6.76. The van der Waals surface area contributed by atoms with Gasteiger partial charge in [-0.05, 0) is 60.8 Å². The molecule has 2 atom stereocenters. The number of carbonyl (C=O) groups excluding carboxylic acids is 1. The highest BCUT2D eigenvalue weighted by Crippen LogP contribution is 2.29. The van der Waals surface area contributed by atoms with E-state index in [1.807, 2.05) is 0 Å². The summed E-state index contributed by atoms with van der Waals surface area (Å²) >= 11 is 3.33. The maximum absolute atomic E-state index is 11.5. The van der Waals surface area contributed by atoms with Crippen molar-refractivity contribution in [1.82, 2.24) is 5.32 Å². The average molecular weight is 390 g/mol. The molecule has 1 aromatic rings. The first-order valence-electron chi connectivity index (χ1n) is 7.30. The third-order valence-electron chi connectivity index (χ3n) is 2.99. The lowest BCUT2D eigenvalue weighted by Gasteiger charge is -2.21. The largest absolute Gasteiger partial charge is 0.496 e. The van der Waals surface area contributed by atoms with Gasteiger partial charge >= 0.3 is 6.09 Å². The zero-order chi connectivity index (χ0) is 17.6. The highest BCUT2D eigenvalue weighted by atomic mass is 79.9. The van der Waals surface area contributed by atoms with Crippen LogP contribution in [0.15, 0.2) is 22.7 Å². The summed E-state index contributed by atoms with van der Waals surface area (Å²) < 4.78 is 11.0. The predicted molar refractivity (Wildman–Crippen MR) is 90.5 cm³/mol. The quantitative estimate of drug-likeness (QED) is 0.695. The van der Waals surface area contributed by atoms with Crippen molar-refractivity contribution < 1.29 is 24.5 Å².